The van der Waals surface area contributed by atoms with Crippen molar-refractivity contribution in [1.82, 2.24) is 20.4 Å². The monoisotopic (exact) mass is 386 g/mol. The second-order valence-corrected chi connectivity index (χ2v) is 6.59. The van der Waals surface area contributed by atoms with Gasteiger partial charge in [-0.2, -0.15) is 5.10 Å². The largest absolute Gasteiger partial charge is 0.466 e. The lowest BCUT2D eigenvalue weighted by Gasteiger charge is -2.19. The lowest BCUT2D eigenvalue weighted by molar-refractivity contribution is -0.143. The van der Waals surface area contributed by atoms with Crippen molar-refractivity contribution in [3.63, 3.8) is 0 Å². The number of urea groups is 1. The second-order valence-electron chi connectivity index (χ2n) is 6.59. The molecule has 152 valence electrons. The van der Waals surface area contributed by atoms with Gasteiger partial charge in [-0.25, -0.2) is 4.79 Å². The van der Waals surface area contributed by atoms with E-state index < -0.39 is 6.04 Å². The predicted molar refractivity (Wildman–Crippen MR) is 108 cm³/mol. The number of carbonyl (C=O) groups is 2. The Balaban J connectivity index is 1.94. The van der Waals surface area contributed by atoms with Gasteiger partial charge in [0.2, 0.25) is 0 Å². The number of aryl methyl sites for hydroxylation is 2. The van der Waals surface area contributed by atoms with E-state index in [1.165, 1.54) is 0 Å². The van der Waals surface area contributed by atoms with E-state index in [1.54, 1.807) is 6.92 Å². The van der Waals surface area contributed by atoms with Crippen molar-refractivity contribution < 1.29 is 14.3 Å². The Morgan fingerprint density at radius 2 is 1.89 bits per heavy atom. The lowest BCUT2D eigenvalue weighted by Crippen LogP contribution is -2.39. The number of carbonyl (C=O) groups excluding carboxylic acids is 2. The number of benzene rings is 1. The van der Waals surface area contributed by atoms with Crippen molar-refractivity contribution in [2.24, 2.45) is 0 Å². The average Bonchev–Trinajstić information content (AvgIpc) is 2.96. The second kappa shape index (κ2) is 10.5. The first-order valence-corrected chi connectivity index (χ1v) is 9.74. The highest BCUT2D eigenvalue weighted by Crippen LogP contribution is 2.17. The zero-order valence-electron chi connectivity index (χ0n) is 17.1. The van der Waals surface area contributed by atoms with E-state index in [4.69, 9.17) is 4.74 Å². The standard InChI is InChI=1S/C21H30N4O3/c1-5-25-16(4)18(15(3)24-25)12-13-22-21(27)23-19(14-20(26)28-6-2)17-10-8-7-9-11-17/h7-11,19H,5-6,12-14H2,1-4H3,(H2,22,23,27)/t19-/m1/s1. The molecule has 0 spiro atoms. The van der Waals surface area contributed by atoms with Gasteiger partial charge in [-0.1, -0.05) is 30.3 Å². The van der Waals surface area contributed by atoms with Crippen LogP contribution in [0.3, 0.4) is 0 Å². The van der Waals surface area contributed by atoms with E-state index in [-0.39, 0.29) is 18.4 Å². The maximum absolute atomic E-state index is 12.4. The average molecular weight is 386 g/mol. The van der Waals surface area contributed by atoms with Gasteiger partial charge >= 0.3 is 12.0 Å². The van der Waals surface area contributed by atoms with Crippen LogP contribution in [0.1, 0.15) is 48.8 Å². The quantitative estimate of drug-likeness (QED) is 0.649. The molecule has 0 aliphatic carbocycles. The van der Waals surface area contributed by atoms with Crippen LogP contribution in [0.2, 0.25) is 0 Å². The molecule has 0 saturated carbocycles. The molecule has 2 amide bonds. The highest BCUT2D eigenvalue weighted by atomic mass is 16.5. The van der Waals surface area contributed by atoms with E-state index >= 15 is 0 Å². The summed E-state index contributed by atoms with van der Waals surface area (Å²) in [5.74, 6) is -0.338. The molecule has 1 atom stereocenters. The fourth-order valence-electron chi connectivity index (χ4n) is 3.24. The topological polar surface area (TPSA) is 85.2 Å². The molecule has 1 aromatic carbocycles. The number of ether oxygens (including phenoxy) is 1. The molecule has 2 aromatic rings. The molecule has 0 aliphatic rings. The SMILES string of the molecule is CCOC(=O)C[C@@H](NC(=O)NCCc1c(C)nn(CC)c1C)c1ccccc1. The zero-order valence-corrected chi connectivity index (χ0v) is 17.1. The summed E-state index contributed by atoms with van der Waals surface area (Å²) >= 11 is 0. The number of nitrogens with zero attached hydrogens (tertiary/aromatic N) is 2. The Labute approximate surface area is 166 Å². The first kappa shape index (κ1) is 21.5. The molecule has 1 heterocycles. The van der Waals surface area contributed by atoms with Gasteiger partial charge in [-0.15, -0.1) is 0 Å². The Morgan fingerprint density at radius 3 is 2.50 bits per heavy atom. The van der Waals surface area contributed by atoms with Gasteiger partial charge in [0.05, 0.1) is 24.8 Å². The Morgan fingerprint density at radius 1 is 1.18 bits per heavy atom. The van der Waals surface area contributed by atoms with Crippen molar-refractivity contribution in [3.8, 4) is 0 Å². The summed E-state index contributed by atoms with van der Waals surface area (Å²) in [6.07, 6.45) is 0.797. The molecule has 2 rings (SSSR count). The summed E-state index contributed by atoms with van der Waals surface area (Å²) in [5.41, 5.74) is 4.15. The molecule has 7 heteroatoms. The Hall–Kier alpha value is -2.83. The summed E-state index contributed by atoms with van der Waals surface area (Å²) in [7, 11) is 0. The van der Waals surface area contributed by atoms with Crippen LogP contribution in [0.5, 0.6) is 0 Å². The number of aromatic nitrogens is 2. The fraction of sp³-hybridized carbons (Fsp3) is 0.476. The van der Waals surface area contributed by atoms with E-state index in [0.717, 1.165) is 29.1 Å². The minimum atomic E-state index is -0.438. The maximum Gasteiger partial charge on any atom is 0.315 e. The predicted octanol–water partition coefficient (Wildman–Crippen LogP) is 3.06. The van der Waals surface area contributed by atoms with E-state index in [1.807, 2.05) is 48.9 Å². The minimum absolute atomic E-state index is 0.0900. The molecule has 7 nitrogen and oxygen atoms in total. The number of rotatable bonds is 9. The summed E-state index contributed by atoms with van der Waals surface area (Å²) < 4.78 is 7.00. The van der Waals surface area contributed by atoms with Crippen LogP contribution in [-0.4, -0.2) is 34.9 Å². The molecular formula is C21H30N4O3. The molecule has 0 saturated heterocycles. The number of amides is 2. The van der Waals surface area contributed by atoms with Crippen LogP contribution >= 0.6 is 0 Å². The highest BCUT2D eigenvalue weighted by molar-refractivity contribution is 5.76. The molecule has 0 fully saturated rings. The molecule has 0 radical (unpaired) electrons. The van der Waals surface area contributed by atoms with E-state index in [2.05, 4.69) is 22.7 Å². The summed E-state index contributed by atoms with van der Waals surface area (Å²) in [5, 5.41) is 10.3. The molecule has 0 bridgehead atoms. The number of hydrogen-bond donors (Lipinski definition) is 2. The molecule has 28 heavy (non-hydrogen) atoms. The molecular weight excluding hydrogens is 356 g/mol. The summed E-state index contributed by atoms with van der Waals surface area (Å²) in [6, 6.07) is 8.68. The van der Waals surface area contributed by atoms with Gasteiger partial charge in [0.15, 0.2) is 0 Å². The first-order chi connectivity index (χ1) is 13.5. The molecule has 2 N–H and O–H groups in total. The molecule has 1 aromatic heterocycles. The van der Waals surface area contributed by atoms with Crippen LogP contribution < -0.4 is 10.6 Å². The third-order valence-corrected chi connectivity index (χ3v) is 4.67. The van der Waals surface area contributed by atoms with Gasteiger partial charge < -0.3 is 15.4 Å². The lowest BCUT2D eigenvalue weighted by atomic mass is 10.0. The van der Waals surface area contributed by atoms with Crippen molar-refractivity contribution in [2.75, 3.05) is 13.2 Å². The van der Waals surface area contributed by atoms with Crippen LogP contribution in [0, 0.1) is 13.8 Å². The van der Waals surface area contributed by atoms with Crippen LogP contribution in [0.15, 0.2) is 30.3 Å². The third kappa shape index (κ3) is 5.84. The van der Waals surface area contributed by atoms with Gasteiger partial charge in [0.1, 0.15) is 0 Å². The summed E-state index contributed by atoms with van der Waals surface area (Å²) in [6.45, 7) is 9.49. The Bertz CT molecular complexity index is 786. The third-order valence-electron chi connectivity index (χ3n) is 4.67. The van der Waals surface area contributed by atoms with Crippen LogP contribution in [0.25, 0.3) is 0 Å². The normalized spacial score (nSPS) is 11.7. The minimum Gasteiger partial charge on any atom is -0.466 e. The van der Waals surface area contributed by atoms with Gasteiger partial charge in [0, 0.05) is 18.8 Å². The van der Waals surface area contributed by atoms with Crippen LogP contribution in [0.4, 0.5) is 4.79 Å². The fourth-order valence-corrected chi connectivity index (χ4v) is 3.24. The van der Waals surface area contributed by atoms with Crippen molar-refractivity contribution in [2.45, 2.75) is 53.1 Å². The number of nitrogens with one attached hydrogen (secondary N) is 2. The van der Waals surface area contributed by atoms with Gasteiger partial charge in [-0.05, 0) is 45.2 Å². The van der Waals surface area contributed by atoms with Crippen LogP contribution in [-0.2, 0) is 22.5 Å². The maximum atomic E-state index is 12.4. The number of esters is 1. The van der Waals surface area contributed by atoms with Crippen molar-refractivity contribution in [1.29, 1.82) is 0 Å². The van der Waals surface area contributed by atoms with Gasteiger partial charge in [-0.3, -0.25) is 9.48 Å². The Kier molecular flexibility index (Phi) is 8.04. The molecule has 0 unspecified atom stereocenters. The van der Waals surface area contributed by atoms with E-state index in [0.29, 0.717) is 19.6 Å². The van der Waals surface area contributed by atoms with Crippen molar-refractivity contribution in [3.05, 3.63) is 52.8 Å². The molecule has 0 aliphatic heterocycles. The smallest absolute Gasteiger partial charge is 0.315 e. The van der Waals surface area contributed by atoms with Gasteiger partial charge in [0.25, 0.3) is 0 Å². The first-order valence-electron chi connectivity index (χ1n) is 9.74. The zero-order chi connectivity index (χ0) is 20.5. The summed E-state index contributed by atoms with van der Waals surface area (Å²) in [4.78, 5) is 24.3. The van der Waals surface area contributed by atoms with E-state index in [9.17, 15) is 9.59 Å². The van der Waals surface area contributed by atoms with Crippen molar-refractivity contribution >= 4 is 12.0 Å². The highest BCUT2D eigenvalue weighted by Gasteiger charge is 2.19. The number of hydrogen-bond acceptors (Lipinski definition) is 4.